The first-order valence-electron chi connectivity index (χ1n) is 8.33. The molecule has 120 valence electrons. The first kappa shape index (κ1) is 15.8. The second-order valence-electron chi connectivity index (χ2n) is 6.26. The number of carbonyl (C=O) groups is 1. The van der Waals surface area contributed by atoms with Gasteiger partial charge in [-0.05, 0) is 60.6 Å². The Hall–Kier alpha value is -2.13. The monoisotopic (exact) mass is 308 g/mol. The fourth-order valence-corrected chi connectivity index (χ4v) is 3.22. The highest BCUT2D eigenvalue weighted by atomic mass is 16.1. The Kier molecular flexibility index (Phi) is 4.77. The number of aryl methyl sites for hydroxylation is 2. The average molecular weight is 308 g/mol. The minimum absolute atomic E-state index is 0.0430. The molecule has 1 atom stereocenters. The van der Waals surface area contributed by atoms with Gasteiger partial charge in [0, 0.05) is 25.2 Å². The van der Waals surface area contributed by atoms with Crippen molar-refractivity contribution in [2.75, 3.05) is 7.05 Å². The van der Waals surface area contributed by atoms with Crippen molar-refractivity contribution in [2.24, 2.45) is 0 Å². The molecule has 3 nitrogen and oxygen atoms in total. The number of hydrogen-bond donors (Lipinski definition) is 2. The Morgan fingerprint density at radius 3 is 2.78 bits per heavy atom. The summed E-state index contributed by atoms with van der Waals surface area (Å²) in [6.07, 6.45) is 3.72. The highest BCUT2D eigenvalue weighted by Gasteiger charge is 2.13. The molecule has 0 aromatic heterocycles. The fourth-order valence-electron chi connectivity index (χ4n) is 3.22. The van der Waals surface area contributed by atoms with E-state index in [4.69, 9.17) is 0 Å². The lowest BCUT2D eigenvalue weighted by atomic mass is 10.0. The van der Waals surface area contributed by atoms with Crippen molar-refractivity contribution in [3.63, 3.8) is 0 Å². The maximum atomic E-state index is 11.7. The molecule has 0 bridgehead atoms. The molecule has 0 heterocycles. The number of nitrogens with one attached hydrogen (secondary N) is 2. The van der Waals surface area contributed by atoms with Crippen LogP contribution in [0.1, 0.15) is 52.0 Å². The van der Waals surface area contributed by atoms with Crippen molar-refractivity contribution in [2.45, 2.75) is 38.8 Å². The molecule has 0 aliphatic heterocycles. The molecule has 2 N–H and O–H groups in total. The van der Waals surface area contributed by atoms with E-state index in [0.717, 1.165) is 12.1 Å². The molecule has 1 amide bonds. The Bertz CT molecular complexity index is 709. The van der Waals surface area contributed by atoms with E-state index in [2.05, 4.69) is 41.8 Å². The Labute approximate surface area is 138 Å². The summed E-state index contributed by atoms with van der Waals surface area (Å²) in [7, 11) is 1.66. The van der Waals surface area contributed by atoms with Crippen molar-refractivity contribution >= 4 is 5.91 Å². The van der Waals surface area contributed by atoms with Crippen LogP contribution in [0.15, 0.2) is 42.5 Å². The van der Waals surface area contributed by atoms with Crippen molar-refractivity contribution in [3.05, 3.63) is 70.3 Å². The summed E-state index contributed by atoms with van der Waals surface area (Å²) < 4.78 is 0. The molecule has 0 unspecified atom stereocenters. The summed E-state index contributed by atoms with van der Waals surface area (Å²) in [5, 5.41) is 6.22. The van der Waals surface area contributed by atoms with Gasteiger partial charge in [0.25, 0.3) is 5.91 Å². The minimum Gasteiger partial charge on any atom is -0.355 e. The summed E-state index contributed by atoms with van der Waals surface area (Å²) in [6.45, 7) is 2.95. The summed E-state index contributed by atoms with van der Waals surface area (Å²) >= 11 is 0. The molecular formula is C20H24N2O. The molecule has 2 aromatic carbocycles. The van der Waals surface area contributed by atoms with E-state index in [1.165, 1.54) is 36.0 Å². The van der Waals surface area contributed by atoms with Gasteiger partial charge in [-0.15, -0.1) is 0 Å². The van der Waals surface area contributed by atoms with E-state index in [-0.39, 0.29) is 5.91 Å². The van der Waals surface area contributed by atoms with Crippen LogP contribution in [-0.4, -0.2) is 13.0 Å². The van der Waals surface area contributed by atoms with Crippen LogP contribution in [0.5, 0.6) is 0 Å². The van der Waals surface area contributed by atoms with Crippen LogP contribution in [0, 0.1) is 0 Å². The van der Waals surface area contributed by atoms with Crippen molar-refractivity contribution < 1.29 is 4.79 Å². The number of amides is 1. The zero-order chi connectivity index (χ0) is 16.2. The van der Waals surface area contributed by atoms with E-state index in [0.29, 0.717) is 11.6 Å². The maximum Gasteiger partial charge on any atom is 0.251 e. The summed E-state index contributed by atoms with van der Waals surface area (Å²) in [5.74, 6) is -0.0430. The van der Waals surface area contributed by atoms with E-state index in [9.17, 15) is 4.79 Å². The van der Waals surface area contributed by atoms with Crippen LogP contribution in [0.2, 0.25) is 0 Å². The van der Waals surface area contributed by atoms with Gasteiger partial charge in [-0.25, -0.2) is 0 Å². The summed E-state index contributed by atoms with van der Waals surface area (Å²) in [6, 6.07) is 14.9. The third-order valence-electron chi connectivity index (χ3n) is 4.65. The smallest absolute Gasteiger partial charge is 0.251 e. The van der Waals surface area contributed by atoms with Crippen LogP contribution < -0.4 is 10.6 Å². The van der Waals surface area contributed by atoms with Gasteiger partial charge in [-0.3, -0.25) is 4.79 Å². The van der Waals surface area contributed by atoms with E-state index < -0.39 is 0 Å². The lowest BCUT2D eigenvalue weighted by molar-refractivity contribution is 0.0963. The highest BCUT2D eigenvalue weighted by molar-refractivity contribution is 5.94. The predicted molar refractivity (Wildman–Crippen MR) is 93.6 cm³/mol. The molecular weight excluding hydrogens is 284 g/mol. The number of benzene rings is 2. The molecule has 1 aliphatic rings. The van der Waals surface area contributed by atoms with Crippen LogP contribution in [0.4, 0.5) is 0 Å². The number of fused-ring (bicyclic) bond motifs is 1. The third-order valence-corrected chi connectivity index (χ3v) is 4.65. The number of hydrogen-bond acceptors (Lipinski definition) is 2. The minimum atomic E-state index is -0.0430. The molecule has 0 saturated heterocycles. The molecule has 0 radical (unpaired) electrons. The molecule has 0 fully saturated rings. The second-order valence-corrected chi connectivity index (χ2v) is 6.26. The van der Waals surface area contributed by atoms with Crippen LogP contribution >= 0.6 is 0 Å². The SMILES string of the molecule is CNC(=O)c1cccc(CN[C@H](C)c2ccc3c(c2)CCC3)c1. The first-order valence-corrected chi connectivity index (χ1v) is 8.33. The Morgan fingerprint density at radius 2 is 1.96 bits per heavy atom. The Balaban J connectivity index is 1.65. The topological polar surface area (TPSA) is 41.1 Å². The largest absolute Gasteiger partial charge is 0.355 e. The normalized spacial score (nSPS) is 14.3. The standard InChI is InChI=1S/C20H24N2O/c1-14(17-10-9-16-6-4-7-18(16)12-17)22-13-15-5-3-8-19(11-15)20(23)21-2/h3,5,8-12,14,22H,4,6-7,13H2,1-2H3,(H,21,23)/t14-/m1/s1. The van der Waals surface area contributed by atoms with E-state index >= 15 is 0 Å². The van der Waals surface area contributed by atoms with Gasteiger partial charge in [-0.2, -0.15) is 0 Å². The second kappa shape index (κ2) is 6.97. The van der Waals surface area contributed by atoms with Gasteiger partial charge >= 0.3 is 0 Å². The lowest BCUT2D eigenvalue weighted by Crippen LogP contribution is -2.20. The van der Waals surface area contributed by atoms with Crippen LogP contribution in [0.3, 0.4) is 0 Å². The van der Waals surface area contributed by atoms with E-state index in [1.807, 2.05) is 18.2 Å². The first-order chi connectivity index (χ1) is 11.2. The van der Waals surface area contributed by atoms with Gasteiger partial charge in [-0.1, -0.05) is 30.3 Å². The third kappa shape index (κ3) is 3.62. The molecule has 3 rings (SSSR count). The van der Waals surface area contributed by atoms with Crippen molar-refractivity contribution in [3.8, 4) is 0 Å². The van der Waals surface area contributed by atoms with Gasteiger partial charge in [0.2, 0.25) is 0 Å². The zero-order valence-corrected chi connectivity index (χ0v) is 13.9. The van der Waals surface area contributed by atoms with Crippen LogP contribution in [-0.2, 0) is 19.4 Å². The van der Waals surface area contributed by atoms with Gasteiger partial charge in [0.1, 0.15) is 0 Å². The zero-order valence-electron chi connectivity index (χ0n) is 13.9. The summed E-state index contributed by atoms with van der Waals surface area (Å²) in [5.41, 5.74) is 6.20. The molecule has 1 aliphatic carbocycles. The van der Waals surface area contributed by atoms with Crippen LogP contribution in [0.25, 0.3) is 0 Å². The molecule has 3 heteroatoms. The fraction of sp³-hybridized carbons (Fsp3) is 0.350. The molecule has 0 spiro atoms. The number of carbonyl (C=O) groups excluding carboxylic acids is 1. The quantitative estimate of drug-likeness (QED) is 0.889. The van der Waals surface area contributed by atoms with E-state index in [1.54, 1.807) is 7.05 Å². The predicted octanol–water partition coefficient (Wildman–Crippen LogP) is 3.39. The highest BCUT2D eigenvalue weighted by Crippen LogP contribution is 2.25. The molecule has 2 aromatic rings. The molecule has 0 saturated carbocycles. The maximum absolute atomic E-state index is 11.7. The Morgan fingerprint density at radius 1 is 1.13 bits per heavy atom. The average Bonchev–Trinajstić information content (AvgIpc) is 3.06. The lowest BCUT2D eigenvalue weighted by Gasteiger charge is -2.16. The number of rotatable bonds is 5. The van der Waals surface area contributed by atoms with Gasteiger partial charge < -0.3 is 10.6 Å². The van der Waals surface area contributed by atoms with Gasteiger partial charge in [0.05, 0.1) is 0 Å². The van der Waals surface area contributed by atoms with Gasteiger partial charge in [0.15, 0.2) is 0 Å². The summed E-state index contributed by atoms with van der Waals surface area (Å²) in [4.78, 5) is 11.7. The van der Waals surface area contributed by atoms with Crippen molar-refractivity contribution in [1.29, 1.82) is 0 Å². The molecule has 23 heavy (non-hydrogen) atoms. The van der Waals surface area contributed by atoms with Crippen molar-refractivity contribution in [1.82, 2.24) is 10.6 Å².